The number of nitrogens with one attached hydrogen (secondary N) is 1. The maximum absolute atomic E-state index is 12.8. The smallest absolute Gasteiger partial charge is 0.123 e. The van der Waals surface area contributed by atoms with Crippen LogP contribution in [0.3, 0.4) is 0 Å². The van der Waals surface area contributed by atoms with Crippen LogP contribution in [0.2, 0.25) is 0 Å². The lowest BCUT2D eigenvalue weighted by atomic mass is 10.1. The molecule has 0 heterocycles. The molecule has 0 saturated heterocycles. The van der Waals surface area contributed by atoms with Crippen molar-refractivity contribution in [3.8, 4) is 5.75 Å². The van der Waals surface area contributed by atoms with E-state index in [-0.39, 0.29) is 5.82 Å². The first-order chi connectivity index (χ1) is 10.7. The third kappa shape index (κ3) is 4.60. The number of rotatable bonds is 7. The number of ether oxygens (including phenoxy) is 1. The maximum atomic E-state index is 12.8. The molecule has 3 nitrogen and oxygen atoms in total. The fourth-order valence-electron chi connectivity index (χ4n) is 1.91. The fourth-order valence-corrected chi connectivity index (χ4v) is 1.91. The number of benzene rings is 2. The Morgan fingerprint density at radius 1 is 1.09 bits per heavy atom. The average Bonchev–Trinajstić information content (AvgIpc) is 2.56. The van der Waals surface area contributed by atoms with Crippen LogP contribution < -0.4 is 10.2 Å². The predicted molar refractivity (Wildman–Crippen MR) is 85.6 cm³/mol. The van der Waals surface area contributed by atoms with Crippen molar-refractivity contribution in [3.63, 3.8) is 0 Å². The first kappa shape index (κ1) is 16.0. The van der Waals surface area contributed by atoms with Gasteiger partial charge in [0.1, 0.15) is 18.2 Å². The molecule has 4 heteroatoms. The second-order valence-electron chi connectivity index (χ2n) is 4.68. The lowest BCUT2D eigenvalue weighted by Gasteiger charge is -2.11. The van der Waals surface area contributed by atoms with E-state index in [4.69, 9.17) is 9.57 Å². The number of hydrogen-bond acceptors (Lipinski definition) is 3. The maximum Gasteiger partial charge on any atom is 0.123 e. The molecule has 0 unspecified atom stereocenters. The summed E-state index contributed by atoms with van der Waals surface area (Å²) in [5, 5.41) is 0. The van der Waals surface area contributed by atoms with Gasteiger partial charge in [0.2, 0.25) is 0 Å². The molecule has 0 radical (unpaired) electrons. The molecule has 0 aliphatic carbocycles. The van der Waals surface area contributed by atoms with Crippen molar-refractivity contribution in [1.29, 1.82) is 0 Å². The minimum Gasteiger partial charge on any atom is -0.489 e. The molecule has 0 saturated carbocycles. The van der Waals surface area contributed by atoms with E-state index >= 15 is 0 Å². The Morgan fingerprint density at radius 3 is 2.36 bits per heavy atom. The summed E-state index contributed by atoms with van der Waals surface area (Å²) in [7, 11) is 0. The van der Waals surface area contributed by atoms with E-state index in [1.807, 2.05) is 44.2 Å². The first-order valence-corrected chi connectivity index (χ1v) is 7.24. The average molecular weight is 301 g/mol. The zero-order chi connectivity index (χ0) is 15.8. The molecule has 0 bridgehead atoms. The molecule has 0 amide bonds. The van der Waals surface area contributed by atoms with Crippen LogP contribution in [0.5, 0.6) is 5.75 Å². The molecule has 116 valence electrons. The Balaban J connectivity index is 1.95. The second kappa shape index (κ2) is 8.20. The Bertz CT molecular complexity index is 606. The number of allylic oxidation sites excluding steroid dienone is 1. The van der Waals surface area contributed by atoms with Crippen molar-refractivity contribution < 1.29 is 14.0 Å². The molecular formula is C18H20FNO2. The standard InChI is InChI=1S/C18H20FNO2/c1-3-18(20-22-4-2)15-7-11-17(12-8-15)21-13-14-5-9-16(19)10-6-14/h3,5-12,20H,4,13H2,1-2H3. The third-order valence-electron chi connectivity index (χ3n) is 3.10. The highest BCUT2D eigenvalue weighted by atomic mass is 19.1. The zero-order valence-corrected chi connectivity index (χ0v) is 12.8. The van der Waals surface area contributed by atoms with Crippen LogP contribution in [-0.4, -0.2) is 6.61 Å². The molecule has 0 aliphatic rings. The van der Waals surface area contributed by atoms with Crippen molar-refractivity contribution in [2.45, 2.75) is 20.5 Å². The highest BCUT2D eigenvalue weighted by Gasteiger charge is 2.02. The lowest BCUT2D eigenvalue weighted by Crippen LogP contribution is -2.12. The Kier molecular flexibility index (Phi) is 5.98. The van der Waals surface area contributed by atoms with Crippen molar-refractivity contribution in [3.05, 3.63) is 71.6 Å². The van der Waals surface area contributed by atoms with Gasteiger partial charge in [-0.05, 0) is 61.4 Å². The molecule has 22 heavy (non-hydrogen) atoms. The monoisotopic (exact) mass is 301 g/mol. The summed E-state index contributed by atoms with van der Waals surface area (Å²) in [4.78, 5) is 5.21. The highest BCUT2D eigenvalue weighted by molar-refractivity contribution is 5.63. The normalized spacial score (nSPS) is 11.3. The van der Waals surface area contributed by atoms with E-state index in [2.05, 4.69) is 5.48 Å². The van der Waals surface area contributed by atoms with Crippen molar-refractivity contribution in [1.82, 2.24) is 5.48 Å². The van der Waals surface area contributed by atoms with Gasteiger partial charge < -0.3 is 4.74 Å². The van der Waals surface area contributed by atoms with E-state index in [0.717, 1.165) is 22.6 Å². The predicted octanol–water partition coefficient (Wildman–Crippen LogP) is 4.31. The van der Waals surface area contributed by atoms with Gasteiger partial charge in [0, 0.05) is 0 Å². The number of halogens is 1. The van der Waals surface area contributed by atoms with Gasteiger partial charge in [0.25, 0.3) is 0 Å². The van der Waals surface area contributed by atoms with E-state index in [0.29, 0.717) is 13.2 Å². The summed E-state index contributed by atoms with van der Waals surface area (Å²) in [6.45, 7) is 4.87. The van der Waals surface area contributed by atoms with Gasteiger partial charge in [-0.15, -0.1) is 0 Å². The van der Waals surface area contributed by atoms with E-state index in [1.165, 1.54) is 12.1 Å². The third-order valence-corrected chi connectivity index (χ3v) is 3.10. The van der Waals surface area contributed by atoms with Crippen LogP contribution in [0.4, 0.5) is 4.39 Å². The first-order valence-electron chi connectivity index (χ1n) is 7.24. The quantitative estimate of drug-likeness (QED) is 0.773. The molecule has 2 aromatic rings. The van der Waals surface area contributed by atoms with Crippen molar-refractivity contribution in [2.75, 3.05) is 6.61 Å². The summed E-state index contributed by atoms with van der Waals surface area (Å²) in [5.41, 5.74) is 5.76. The minimum atomic E-state index is -0.242. The largest absolute Gasteiger partial charge is 0.489 e. The number of hydrogen-bond donors (Lipinski definition) is 1. The highest BCUT2D eigenvalue weighted by Crippen LogP contribution is 2.18. The summed E-state index contributed by atoms with van der Waals surface area (Å²) in [6.07, 6.45) is 1.95. The summed E-state index contributed by atoms with van der Waals surface area (Å²) in [6, 6.07) is 14.0. The van der Waals surface area contributed by atoms with Gasteiger partial charge in [-0.1, -0.05) is 18.2 Å². The van der Waals surface area contributed by atoms with Crippen LogP contribution in [0.1, 0.15) is 25.0 Å². The summed E-state index contributed by atoms with van der Waals surface area (Å²) >= 11 is 0. The molecule has 2 rings (SSSR count). The van der Waals surface area contributed by atoms with Gasteiger partial charge in [-0.25, -0.2) is 4.39 Å². The van der Waals surface area contributed by atoms with Crippen LogP contribution in [-0.2, 0) is 11.4 Å². The zero-order valence-electron chi connectivity index (χ0n) is 12.8. The van der Waals surface area contributed by atoms with Gasteiger partial charge in [0.15, 0.2) is 0 Å². The van der Waals surface area contributed by atoms with Crippen LogP contribution in [0.25, 0.3) is 5.70 Å². The lowest BCUT2D eigenvalue weighted by molar-refractivity contribution is 0.0899. The van der Waals surface area contributed by atoms with Gasteiger partial charge in [-0.2, -0.15) is 0 Å². The molecular weight excluding hydrogens is 281 g/mol. The van der Waals surface area contributed by atoms with Crippen LogP contribution in [0.15, 0.2) is 54.6 Å². The van der Waals surface area contributed by atoms with Crippen LogP contribution in [0, 0.1) is 5.82 Å². The van der Waals surface area contributed by atoms with E-state index in [9.17, 15) is 4.39 Å². The topological polar surface area (TPSA) is 30.5 Å². The van der Waals surface area contributed by atoms with Gasteiger partial charge >= 0.3 is 0 Å². The summed E-state index contributed by atoms with van der Waals surface area (Å²) < 4.78 is 18.5. The Morgan fingerprint density at radius 2 is 1.77 bits per heavy atom. The van der Waals surface area contributed by atoms with Crippen LogP contribution >= 0.6 is 0 Å². The molecule has 0 fully saturated rings. The molecule has 0 atom stereocenters. The fraction of sp³-hybridized carbons (Fsp3) is 0.222. The van der Waals surface area contributed by atoms with E-state index < -0.39 is 0 Å². The molecule has 0 aromatic heterocycles. The van der Waals surface area contributed by atoms with E-state index in [1.54, 1.807) is 12.1 Å². The molecule has 2 aromatic carbocycles. The molecule has 1 N–H and O–H groups in total. The Labute approximate surface area is 130 Å². The van der Waals surface area contributed by atoms with Gasteiger partial charge in [-0.3, -0.25) is 10.3 Å². The molecule has 0 aliphatic heterocycles. The molecule has 0 spiro atoms. The SMILES string of the molecule is CC=C(NOCC)c1ccc(OCc2ccc(F)cc2)cc1. The van der Waals surface area contributed by atoms with Gasteiger partial charge in [0.05, 0.1) is 12.3 Å². The Hall–Kier alpha value is -2.33. The minimum absolute atomic E-state index is 0.242. The second-order valence-corrected chi connectivity index (χ2v) is 4.68. The van der Waals surface area contributed by atoms with Crippen molar-refractivity contribution in [2.24, 2.45) is 0 Å². The number of hydroxylamine groups is 1. The summed E-state index contributed by atoms with van der Waals surface area (Å²) in [5.74, 6) is 0.522. The van der Waals surface area contributed by atoms with Crippen molar-refractivity contribution >= 4 is 5.70 Å².